The zero-order chi connectivity index (χ0) is 26.7. The van der Waals surface area contributed by atoms with Crippen LogP contribution in [0.4, 0.5) is 11.5 Å². The fourth-order valence-corrected chi connectivity index (χ4v) is 4.83. The molecule has 4 rings (SSSR count). The predicted octanol–water partition coefficient (Wildman–Crippen LogP) is 3.02. The van der Waals surface area contributed by atoms with Gasteiger partial charge in [-0.15, -0.1) is 0 Å². The maximum atomic E-state index is 13.7. The summed E-state index contributed by atoms with van der Waals surface area (Å²) < 4.78 is 1.61. The second kappa shape index (κ2) is 10.9. The fraction of sp³-hybridized carbons (Fsp3) is 0.393. The Bertz CT molecular complexity index is 1270. The number of aryl methyl sites for hydroxylation is 1. The summed E-state index contributed by atoms with van der Waals surface area (Å²) in [4.78, 5) is 49.5. The smallest absolute Gasteiger partial charge is 0.250 e. The highest BCUT2D eigenvalue weighted by Gasteiger charge is 2.55. The second-order valence-corrected chi connectivity index (χ2v) is 9.76. The van der Waals surface area contributed by atoms with E-state index >= 15 is 0 Å². The number of carbonyl (C=O) groups excluding carboxylic acids is 3. The predicted molar refractivity (Wildman–Crippen MR) is 142 cm³/mol. The van der Waals surface area contributed by atoms with Crippen LogP contribution in [0.3, 0.4) is 0 Å². The largest absolute Gasteiger partial charge is 0.363 e. The van der Waals surface area contributed by atoms with E-state index in [1.54, 1.807) is 37.4 Å². The number of benzene rings is 1. The molecule has 1 aliphatic heterocycles. The molecule has 0 saturated carbocycles. The first-order valence-electron chi connectivity index (χ1n) is 12.5. The van der Waals surface area contributed by atoms with E-state index < -0.39 is 12.0 Å². The summed E-state index contributed by atoms with van der Waals surface area (Å²) in [6.45, 7) is 2.02. The molecule has 3 amide bonds. The molecule has 9 nitrogen and oxygen atoms in total. The molecule has 3 atom stereocenters. The van der Waals surface area contributed by atoms with Gasteiger partial charge >= 0.3 is 0 Å². The Balaban J connectivity index is 1.60. The van der Waals surface area contributed by atoms with E-state index in [0.717, 1.165) is 23.4 Å². The summed E-state index contributed by atoms with van der Waals surface area (Å²) in [6.07, 6.45) is 6.28. The number of carbonyl (C=O) groups is 3. The van der Waals surface area contributed by atoms with Crippen LogP contribution in [0, 0.1) is 5.92 Å². The number of nitrogens with zero attached hydrogens (tertiary/aromatic N) is 6. The van der Waals surface area contributed by atoms with Gasteiger partial charge in [-0.3, -0.25) is 24.0 Å². The van der Waals surface area contributed by atoms with Crippen molar-refractivity contribution in [2.75, 3.05) is 30.9 Å². The van der Waals surface area contributed by atoms with Gasteiger partial charge in [0.2, 0.25) is 11.8 Å². The Hall–Kier alpha value is -4.01. The van der Waals surface area contributed by atoms with Gasteiger partial charge in [0.1, 0.15) is 11.9 Å². The lowest BCUT2D eigenvalue weighted by Gasteiger charge is -2.46. The van der Waals surface area contributed by atoms with Crippen LogP contribution in [0.5, 0.6) is 0 Å². The maximum Gasteiger partial charge on any atom is 0.250 e. The van der Waals surface area contributed by atoms with Crippen molar-refractivity contribution in [1.29, 1.82) is 0 Å². The van der Waals surface area contributed by atoms with Gasteiger partial charge in [0.25, 0.3) is 5.91 Å². The molecule has 3 aromatic rings. The number of likely N-dealkylation sites (tertiary alicyclic amines) is 1. The summed E-state index contributed by atoms with van der Waals surface area (Å²) in [7, 11) is 7.21. The van der Waals surface area contributed by atoms with Crippen molar-refractivity contribution in [1.82, 2.24) is 19.7 Å². The Morgan fingerprint density at radius 2 is 1.84 bits per heavy atom. The van der Waals surface area contributed by atoms with E-state index in [4.69, 9.17) is 0 Å². The highest BCUT2D eigenvalue weighted by Crippen LogP contribution is 2.35. The number of amides is 3. The van der Waals surface area contributed by atoms with Gasteiger partial charge in [-0.2, -0.15) is 5.10 Å². The average Bonchev–Trinajstić information content (AvgIpc) is 3.34. The van der Waals surface area contributed by atoms with Crippen LogP contribution in [0.15, 0.2) is 61.1 Å². The van der Waals surface area contributed by atoms with Gasteiger partial charge in [0, 0.05) is 47.0 Å². The van der Waals surface area contributed by atoms with Crippen molar-refractivity contribution >= 4 is 29.2 Å². The first-order chi connectivity index (χ1) is 17.7. The van der Waals surface area contributed by atoms with Crippen LogP contribution < -0.4 is 9.80 Å². The molecule has 0 radical (unpaired) electrons. The number of imide groups is 1. The maximum absolute atomic E-state index is 13.7. The first kappa shape index (κ1) is 26.1. The quantitative estimate of drug-likeness (QED) is 0.418. The molecule has 1 aliphatic rings. The Morgan fingerprint density at radius 1 is 1.11 bits per heavy atom. The van der Waals surface area contributed by atoms with Crippen molar-refractivity contribution in [2.24, 2.45) is 13.0 Å². The third-order valence-corrected chi connectivity index (χ3v) is 7.05. The molecule has 1 aromatic carbocycles. The highest BCUT2D eigenvalue weighted by molar-refractivity contribution is 6.12. The van der Waals surface area contributed by atoms with Crippen molar-refractivity contribution in [3.63, 3.8) is 0 Å². The van der Waals surface area contributed by atoms with E-state index in [1.165, 1.54) is 9.80 Å². The average molecular weight is 503 g/mol. The Labute approximate surface area is 217 Å². The van der Waals surface area contributed by atoms with Crippen molar-refractivity contribution in [3.05, 3.63) is 72.2 Å². The number of hydrogen-bond donors (Lipinski definition) is 0. The minimum absolute atomic E-state index is 0.0322. The summed E-state index contributed by atoms with van der Waals surface area (Å²) in [5.74, 6) is -0.838. The van der Waals surface area contributed by atoms with Gasteiger partial charge < -0.3 is 9.80 Å². The van der Waals surface area contributed by atoms with Crippen LogP contribution >= 0.6 is 0 Å². The number of rotatable bonds is 9. The molecule has 0 bridgehead atoms. The van der Waals surface area contributed by atoms with Gasteiger partial charge in [-0.1, -0.05) is 37.3 Å². The first-order valence-corrected chi connectivity index (χ1v) is 12.5. The summed E-state index contributed by atoms with van der Waals surface area (Å²) in [5.41, 5.74) is 2.54. The molecule has 2 aromatic heterocycles. The molecule has 1 fully saturated rings. The number of likely N-dealkylation sites (N-methyl/N-ethyl adjacent to an activating group) is 1. The Morgan fingerprint density at radius 3 is 2.46 bits per heavy atom. The minimum Gasteiger partial charge on any atom is -0.363 e. The molecule has 37 heavy (non-hydrogen) atoms. The molecule has 3 heterocycles. The van der Waals surface area contributed by atoms with Gasteiger partial charge in [-0.25, -0.2) is 4.98 Å². The van der Waals surface area contributed by atoms with E-state index in [-0.39, 0.29) is 30.1 Å². The van der Waals surface area contributed by atoms with E-state index in [1.807, 2.05) is 68.4 Å². The molecule has 0 unspecified atom stereocenters. The number of pyridine rings is 1. The zero-order valence-electron chi connectivity index (χ0n) is 22.0. The van der Waals surface area contributed by atoms with Gasteiger partial charge in [-0.05, 0) is 42.0 Å². The van der Waals surface area contributed by atoms with E-state index in [2.05, 4.69) is 10.1 Å². The molecule has 194 valence electrons. The van der Waals surface area contributed by atoms with Crippen LogP contribution in [0.25, 0.3) is 0 Å². The van der Waals surface area contributed by atoms with Crippen molar-refractivity contribution < 1.29 is 14.4 Å². The fourth-order valence-electron chi connectivity index (χ4n) is 4.83. The Kier molecular flexibility index (Phi) is 7.71. The normalized spacial score (nSPS) is 17.8. The second-order valence-electron chi connectivity index (χ2n) is 9.76. The molecular weight excluding hydrogens is 468 g/mol. The SMILES string of the molecule is CC[C@@H](CC(=O)N1C(=O)[C@H](Cc2ccnc(N(C)C)c2)[C@H]1C(=O)N(C)c1cnn(C)c1)c1ccccc1. The number of aromatic nitrogens is 3. The summed E-state index contributed by atoms with van der Waals surface area (Å²) in [6, 6.07) is 12.7. The molecule has 0 aliphatic carbocycles. The molecule has 0 spiro atoms. The van der Waals surface area contributed by atoms with E-state index in [0.29, 0.717) is 12.1 Å². The molecular formula is C28H34N6O3. The molecule has 9 heteroatoms. The van der Waals surface area contributed by atoms with Crippen LogP contribution in [-0.2, 0) is 27.9 Å². The topological polar surface area (TPSA) is 91.6 Å². The van der Waals surface area contributed by atoms with Gasteiger partial charge in [0.15, 0.2) is 0 Å². The zero-order valence-corrected chi connectivity index (χ0v) is 22.0. The highest BCUT2D eigenvalue weighted by atomic mass is 16.2. The number of anilines is 2. The monoisotopic (exact) mass is 502 g/mol. The number of β-lactam (4-membered cyclic amide) rings is 1. The lowest BCUT2D eigenvalue weighted by atomic mass is 9.80. The van der Waals surface area contributed by atoms with Crippen LogP contribution in [0.1, 0.15) is 36.8 Å². The summed E-state index contributed by atoms with van der Waals surface area (Å²) in [5, 5.41) is 4.15. The van der Waals surface area contributed by atoms with Crippen LogP contribution in [0.2, 0.25) is 0 Å². The van der Waals surface area contributed by atoms with Gasteiger partial charge in [0.05, 0.1) is 17.8 Å². The minimum atomic E-state index is -0.880. The standard InChI is InChI=1S/C28H34N6O3/c1-6-20(21-10-8-7-9-11-21)16-25(35)34-26(28(37)33(5)22-17-30-32(4)18-22)23(27(34)36)14-19-12-13-29-24(15-19)31(2)3/h7-13,15,17-18,20,23,26H,6,14,16H2,1-5H3/t20-,23+,26-/m0/s1. The molecule has 1 saturated heterocycles. The van der Waals surface area contributed by atoms with Crippen molar-refractivity contribution in [3.8, 4) is 0 Å². The van der Waals surface area contributed by atoms with E-state index in [9.17, 15) is 14.4 Å². The van der Waals surface area contributed by atoms with Crippen molar-refractivity contribution in [2.45, 2.75) is 38.1 Å². The molecule has 0 N–H and O–H groups in total. The number of hydrogen-bond acceptors (Lipinski definition) is 6. The lowest BCUT2D eigenvalue weighted by molar-refractivity contribution is -0.170. The lowest BCUT2D eigenvalue weighted by Crippen LogP contribution is -2.69. The summed E-state index contributed by atoms with van der Waals surface area (Å²) >= 11 is 0. The van der Waals surface area contributed by atoms with Crippen LogP contribution in [-0.4, -0.2) is 64.6 Å². The third-order valence-electron chi connectivity index (χ3n) is 7.05. The third kappa shape index (κ3) is 5.40.